The molecule has 0 radical (unpaired) electrons. The number of rotatable bonds is 4. The minimum Gasteiger partial charge on any atom is -0.325 e. The largest absolute Gasteiger partial charge is 0.325 e. The van der Waals surface area contributed by atoms with Gasteiger partial charge in [0, 0.05) is 17.3 Å². The number of fused-ring (bicyclic) bond motifs is 1. The number of nitrogens with zero attached hydrogens (tertiary/aromatic N) is 3. The van der Waals surface area contributed by atoms with Gasteiger partial charge in [-0.3, -0.25) is 4.79 Å². The SMILES string of the molecule is Cc1ncc(-c2cc(C)c3cc(C)c(NC(=O)CN(C)C)cc3n2)s1. The van der Waals surface area contributed by atoms with Crippen molar-refractivity contribution in [2.75, 3.05) is 26.0 Å². The molecule has 0 unspecified atom stereocenters. The van der Waals surface area contributed by atoms with Gasteiger partial charge in [-0.2, -0.15) is 0 Å². The highest BCUT2D eigenvalue weighted by Gasteiger charge is 2.12. The number of aromatic nitrogens is 2. The second-order valence-electron chi connectivity index (χ2n) is 6.54. The molecular weight excluding hydrogens is 332 g/mol. The number of hydrogen-bond donors (Lipinski definition) is 1. The van der Waals surface area contributed by atoms with Gasteiger partial charge in [0.15, 0.2) is 0 Å². The van der Waals surface area contributed by atoms with Crippen LogP contribution in [-0.4, -0.2) is 41.4 Å². The number of aryl methyl sites for hydroxylation is 3. The van der Waals surface area contributed by atoms with Gasteiger partial charge < -0.3 is 10.2 Å². The smallest absolute Gasteiger partial charge is 0.238 e. The van der Waals surface area contributed by atoms with Gasteiger partial charge in [-0.05, 0) is 64.2 Å². The zero-order chi connectivity index (χ0) is 18.1. The van der Waals surface area contributed by atoms with Gasteiger partial charge in [0.25, 0.3) is 0 Å². The Kier molecular flexibility index (Phi) is 4.83. The summed E-state index contributed by atoms with van der Waals surface area (Å²) < 4.78 is 0. The van der Waals surface area contributed by atoms with Crippen LogP contribution in [-0.2, 0) is 4.79 Å². The summed E-state index contributed by atoms with van der Waals surface area (Å²) in [6.07, 6.45) is 1.86. The lowest BCUT2D eigenvalue weighted by molar-refractivity contribution is -0.116. The molecule has 1 N–H and O–H groups in total. The molecule has 0 aliphatic rings. The second-order valence-corrected chi connectivity index (χ2v) is 7.77. The highest BCUT2D eigenvalue weighted by molar-refractivity contribution is 7.15. The Labute approximate surface area is 151 Å². The third kappa shape index (κ3) is 3.86. The molecule has 0 bridgehead atoms. The summed E-state index contributed by atoms with van der Waals surface area (Å²) in [7, 11) is 3.75. The number of carbonyl (C=O) groups is 1. The predicted molar refractivity (Wildman–Crippen MR) is 104 cm³/mol. The monoisotopic (exact) mass is 354 g/mol. The van der Waals surface area contributed by atoms with Crippen LogP contribution in [0.4, 0.5) is 5.69 Å². The van der Waals surface area contributed by atoms with Crippen molar-refractivity contribution in [2.45, 2.75) is 20.8 Å². The number of anilines is 1. The van der Waals surface area contributed by atoms with Crippen LogP contribution in [0.1, 0.15) is 16.1 Å². The second kappa shape index (κ2) is 6.90. The highest BCUT2D eigenvalue weighted by Crippen LogP contribution is 2.30. The first-order valence-corrected chi connectivity index (χ1v) is 8.94. The fraction of sp³-hybridized carbons (Fsp3) is 0.316. The lowest BCUT2D eigenvalue weighted by atomic mass is 10.0. The molecule has 2 heterocycles. The molecule has 0 atom stereocenters. The van der Waals surface area contributed by atoms with Crippen LogP contribution in [0.2, 0.25) is 0 Å². The number of benzene rings is 1. The van der Waals surface area contributed by atoms with Crippen molar-refractivity contribution >= 4 is 33.8 Å². The molecule has 1 amide bonds. The molecule has 0 aliphatic carbocycles. The Bertz CT molecular complexity index is 946. The van der Waals surface area contributed by atoms with E-state index >= 15 is 0 Å². The first kappa shape index (κ1) is 17.5. The van der Waals surface area contributed by atoms with Gasteiger partial charge in [-0.15, -0.1) is 11.3 Å². The van der Waals surface area contributed by atoms with Crippen LogP contribution in [0.5, 0.6) is 0 Å². The number of thiazole rings is 1. The summed E-state index contributed by atoms with van der Waals surface area (Å²) in [4.78, 5) is 24.1. The minimum absolute atomic E-state index is 0.0293. The Morgan fingerprint density at radius 3 is 2.56 bits per heavy atom. The zero-order valence-corrected chi connectivity index (χ0v) is 16.0. The number of amides is 1. The van der Waals surface area contributed by atoms with Crippen LogP contribution in [0.3, 0.4) is 0 Å². The molecule has 2 aromatic heterocycles. The van der Waals surface area contributed by atoms with Crippen LogP contribution >= 0.6 is 11.3 Å². The highest BCUT2D eigenvalue weighted by atomic mass is 32.1. The van der Waals surface area contributed by atoms with E-state index in [1.54, 1.807) is 11.3 Å². The maximum atomic E-state index is 12.1. The van der Waals surface area contributed by atoms with Crippen molar-refractivity contribution < 1.29 is 4.79 Å². The molecule has 0 spiro atoms. The molecule has 0 saturated carbocycles. The standard InChI is InChI=1S/C19H22N4OS/c1-11-7-17(18-9-20-13(3)25-18)21-16-8-15(12(2)6-14(11)16)22-19(24)10-23(4)5/h6-9H,10H2,1-5H3,(H,22,24). The lowest BCUT2D eigenvalue weighted by Gasteiger charge is -2.14. The number of pyridine rings is 1. The summed E-state index contributed by atoms with van der Waals surface area (Å²) in [6, 6.07) is 6.15. The molecule has 0 saturated heterocycles. The van der Waals surface area contributed by atoms with E-state index in [0.717, 1.165) is 37.7 Å². The van der Waals surface area contributed by atoms with E-state index in [-0.39, 0.29) is 5.91 Å². The average molecular weight is 354 g/mol. The summed E-state index contributed by atoms with van der Waals surface area (Å²) in [5.41, 5.74) is 4.81. The number of hydrogen-bond acceptors (Lipinski definition) is 5. The van der Waals surface area contributed by atoms with Crippen molar-refractivity contribution in [3.05, 3.63) is 40.5 Å². The van der Waals surface area contributed by atoms with Crippen LogP contribution in [0.15, 0.2) is 24.4 Å². The van der Waals surface area contributed by atoms with E-state index in [9.17, 15) is 4.79 Å². The quantitative estimate of drug-likeness (QED) is 0.774. The van der Waals surface area contributed by atoms with E-state index in [2.05, 4.69) is 29.4 Å². The normalized spacial score (nSPS) is 11.3. The van der Waals surface area contributed by atoms with Gasteiger partial charge in [0.1, 0.15) is 0 Å². The van der Waals surface area contributed by atoms with E-state index in [1.807, 2.05) is 45.1 Å². The summed E-state index contributed by atoms with van der Waals surface area (Å²) >= 11 is 1.63. The van der Waals surface area contributed by atoms with E-state index in [4.69, 9.17) is 4.98 Å². The first-order chi connectivity index (χ1) is 11.8. The molecule has 3 rings (SSSR count). The summed E-state index contributed by atoms with van der Waals surface area (Å²) in [5, 5.41) is 5.11. The van der Waals surface area contributed by atoms with Crippen molar-refractivity contribution in [2.24, 2.45) is 0 Å². The fourth-order valence-electron chi connectivity index (χ4n) is 2.77. The van der Waals surface area contributed by atoms with Crippen LogP contribution in [0.25, 0.3) is 21.5 Å². The lowest BCUT2D eigenvalue weighted by Crippen LogP contribution is -2.27. The van der Waals surface area contributed by atoms with Gasteiger partial charge >= 0.3 is 0 Å². The molecule has 1 aromatic carbocycles. The molecule has 0 fully saturated rings. The van der Waals surface area contributed by atoms with Crippen molar-refractivity contribution in [1.29, 1.82) is 0 Å². The molecule has 6 heteroatoms. The Balaban J connectivity index is 2.03. The van der Waals surface area contributed by atoms with Gasteiger partial charge in [-0.1, -0.05) is 0 Å². The molecule has 5 nitrogen and oxygen atoms in total. The van der Waals surface area contributed by atoms with E-state index in [1.165, 1.54) is 5.56 Å². The van der Waals surface area contributed by atoms with E-state index < -0.39 is 0 Å². The Morgan fingerprint density at radius 2 is 1.92 bits per heavy atom. The minimum atomic E-state index is -0.0293. The maximum Gasteiger partial charge on any atom is 0.238 e. The zero-order valence-electron chi connectivity index (χ0n) is 15.2. The first-order valence-electron chi connectivity index (χ1n) is 8.13. The van der Waals surface area contributed by atoms with Crippen molar-refractivity contribution in [3.8, 4) is 10.6 Å². The number of nitrogens with one attached hydrogen (secondary N) is 1. The van der Waals surface area contributed by atoms with Crippen LogP contribution in [0, 0.1) is 20.8 Å². The topological polar surface area (TPSA) is 58.1 Å². The molecular formula is C19H22N4OS. The molecule has 0 aliphatic heterocycles. The van der Waals surface area contributed by atoms with E-state index in [0.29, 0.717) is 6.54 Å². The summed E-state index contributed by atoms with van der Waals surface area (Å²) in [6.45, 7) is 6.43. The number of likely N-dealkylation sites (N-methyl/N-ethyl adjacent to an activating group) is 1. The van der Waals surface area contributed by atoms with Gasteiger partial charge in [0.2, 0.25) is 5.91 Å². The Hall–Kier alpha value is -2.31. The number of carbonyl (C=O) groups excluding carboxylic acids is 1. The maximum absolute atomic E-state index is 12.1. The predicted octanol–water partition coefficient (Wildman–Crippen LogP) is 3.78. The van der Waals surface area contributed by atoms with Crippen molar-refractivity contribution in [1.82, 2.24) is 14.9 Å². The van der Waals surface area contributed by atoms with Gasteiger partial charge in [-0.25, -0.2) is 9.97 Å². The Morgan fingerprint density at radius 1 is 1.16 bits per heavy atom. The third-order valence-corrected chi connectivity index (χ3v) is 4.90. The summed E-state index contributed by atoms with van der Waals surface area (Å²) in [5.74, 6) is -0.0293. The van der Waals surface area contributed by atoms with Gasteiger partial charge in [0.05, 0.1) is 27.6 Å². The molecule has 25 heavy (non-hydrogen) atoms. The van der Waals surface area contributed by atoms with Crippen molar-refractivity contribution in [3.63, 3.8) is 0 Å². The van der Waals surface area contributed by atoms with Crippen LogP contribution < -0.4 is 5.32 Å². The fourth-order valence-corrected chi connectivity index (χ4v) is 3.51. The average Bonchev–Trinajstić information content (AvgIpc) is 2.94. The molecule has 3 aromatic rings. The molecule has 130 valence electrons. The third-order valence-electron chi connectivity index (χ3n) is 3.97.